The summed E-state index contributed by atoms with van der Waals surface area (Å²) in [5.74, 6) is 2.27. The van der Waals surface area contributed by atoms with E-state index in [4.69, 9.17) is 14.2 Å². The van der Waals surface area contributed by atoms with Crippen LogP contribution >= 0.6 is 0 Å². The van der Waals surface area contributed by atoms with Crippen molar-refractivity contribution in [2.24, 2.45) is 7.05 Å². The van der Waals surface area contributed by atoms with E-state index >= 15 is 0 Å². The number of benzene rings is 1. The Balaban J connectivity index is 1.90. The lowest BCUT2D eigenvalue weighted by Gasteiger charge is -2.32. The van der Waals surface area contributed by atoms with E-state index in [1.54, 1.807) is 18.0 Å². The number of nitrogens with one attached hydrogen (secondary N) is 1. The van der Waals surface area contributed by atoms with E-state index in [1.165, 1.54) is 0 Å². The first-order valence-electron chi connectivity index (χ1n) is 6.86. The van der Waals surface area contributed by atoms with Gasteiger partial charge in [0.2, 0.25) is 0 Å². The van der Waals surface area contributed by atoms with E-state index in [9.17, 15) is 0 Å². The van der Waals surface area contributed by atoms with Crippen LogP contribution < -0.4 is 19.5 Å². The maximum absolute atomic E-state index is 6.08. The standard InChI is InChI=1S/C15H19N3O3/c1-16-14(15-12(19-3)8-17-18(15)2)13-9-20-10-6-4-5-7-11(10)21-13/h4-8,13-14,16H,9H2,1-3H3. The fraction of sp³-hybridized carbons (Fsp3) is 0.400. The molecular formula is C15H19N3O3. The smallest absolute Gasteiger partial charge is 0.161 e. The van der Waals surface area contributed by atoms with E-state index < -0.39 is 0 Å². The van der Waals surface area contributed by atoms with Crippen molar-refractivity contribution >= 4 is 0 Å². The molecule has 21 heavy (non-hydrogen) atoms. The molecule has 0 fully saturated rings. The number of fused-ring (bicyclic) bond motifs is 1. The minimum Gasteiger partial charge on any atom is -0.493 e. The van der Waals surface area contributed by atoms with Gasteiger partial charge in [0.15, 0.2) is 23.4 Å². The van der Waals surface area contributed by atoms with Crippen molar-refractivity contribution in [2.75, 3.05) is 20.8 Å². The van der Waals surface area contributed by atoms with Gasteiger partial charge in [-0.25, -0.2) is 0 Å². The molecule has 1 aliphatic heterocycles. The maximum Gasteiger partial charge on any atom is 0.161 e. The molecule has 112 valence electrons. The van der Waals surface area contributed by atoms with Crippen molar-refractivity contribution in [3.8, 4) is 17.2 Å². The van der Waals surface area contributed by atoms with Gasteiger partial charge < -0.3 is 19.5 Å². The first-order valence-corrected chi connectivity index (χ1v) is 6.86. The Hall–Kier alpha value is -2.21. The van der Waals surface area contributed by atoms with E-state index in [0.717, 1.165) is 22.9 Å². The summed E-state index contributed by atoms with van der Waals surface area (Å²) in [6.45, 7) is 0.469. The van der Waals surface area contributed by atoms with E-state index in [2.05, 4.69) is 10.4 Å². The molecule has 0 spiro atoms. The Morgan fingerprint density at radius 2 is 2.14 bits per heavy atom. The van der Waals surface area contributed by atoms with Gasteiger partial charge >= 0.3 is 0 Å². The minimum atomic E-state index is -0.158. The average Bonchev–Trinajstić information content (AvgIpc) is 2.89. The second-order valence-corrected chi connectivity index (χ2v) is 4.90. The fourth-order valence-corrected chi connectivity index (χ4v) is 2.64. The summed E-state index contributed by atoms with van der Waals surface area (Å²) in [4.78, 5) is 0. The molecule has 1 aromatic carbocycles. The highest BCUT2D eigenvalue weighted by Gasteiger charge is 2.33. The summed E-state index contributed by atoms with van der Waals surface area (Å²) in [6.07, 6.45) is 1.55. The van der Waals surface area contributed by atoms with Crippen LogP contribution in [0.3, 0.4) is 0 Å². The molecule has 1 N–H and O–H groups in total. The maximum atomic E-state index is 6.08. The van der Waals surface area contributed by atoms with Gasteiger partial charge in [0.1, 0.15) is 12.3 Å². The van der Waals surface area contributed by atoms with Crippen LogP contribution in [0.2, 0.25) is 0 Å². The first-order chi connectivity index (χ1) is 10.2. The van der Waals surface area contributed by atoms with Gasteiger partial charge in [0.25, 0.3) is 0 Å². The third-order valence-electron chi connectivity index (χ3n) is 3.68. The van der Waals surface area contributed by atoms with Crippen molar-refractivity contribution in [2.45, 2.75) is 12.1 Å². The summed E-state index contributed by atoms with van der Waals surface area (Å²) in [6, 6.07) is 7.60. The second-order valence-electron chi connectivity index (χ2n) is 4.90. The molecule has 1 aromatic heterocycles. The molecule has 6 heteroatoms. The number of para-hydroxylation sites is 2. The predicted octanol–water partition coefficient (Wildman–Crippen LogP) is 1.53. The van der Waals surface area contributed by atoms with E-state index in [-0.39, 0.29) is 12.1 Å². The van der Waals surface area contributed by atoms with Gasteiger partial charge in [-0.2, -0.15) is 5.10 Å². The summed E-state index contributed by atoms with van der Waals surface area (Å²) in [7, 11) is 5.42. The Morgan fingerprint density at radius 3 is 2.86 bits per heavy atom. The highest BCUT2D eigenvalue weighted by molar-refractivity contribution is 5.41. The summed E-state index contributed by atoms with van der Waals surface area (Å²) >= 11 is 0. The van der Waals surface area contributed by atoms with Crippen molar-refractivity contribution in [3.05, 3.63) is 36.2 Å². The van der Waals surface area contributed by atoms with Crippen molar-refractivity contribution in [1.29, 1.82) is 0 Å². The zero-order valence-electron chi connectivity index (χ0n) is 12.4. The molecule has 0 radical (unpaired) electrons. The molecular weight excluding hydrogens is 270 g/mol. The molecule has 2 atom stereocenters. The third-order valence-corrected chi connectivity index (χ3v) is 3.68. The second kappa shape index (κ2) is 5.65. The van der Waals surface area contributed by atoms with Crippen LogP contribution in [0.1, 0.15) is 11.7 Å². The number of aromatic nitrogens is 2. The number of likely N-dealkylation sites (N-methyl/N-ethyl adjacent to an activating group) is 1. The predicted molar refractivity (Wildman–Crippen MR) is 77.9 cm³/mol. The molecule has 0 aliphatic carbocycles. The monoisotopic (exact) mass is 289 g/mol. The van der Waals surface area contributed by atoms with Crippen LogP contribution in [0.4, 0.5) is 0 Å². The van der Waals surface area contributed by atoms with Gasteiger partial charge in [-0.1, -0.05) is 12.1 Å². The lowest BCUT2D eigenvalue weighted by atomic mass is 10.1. The molecule has 0 bridgehead atoms. The number of aryl methyl sites for hydroxylation is 1. The molecule has 0 saturated carbocycles. The topological polar surface area (TPSA) is 57.5 Å². The SMILES string of the molecule is CNC(c1c(OC)cnn1C)C1COc2ccccc2O1. The van der Waals surface area contributed by atoms with Crippen molar-refractivity contribution in [1.82, 2.24) is 15.1 Å². The zero-order chi connectivity index (χ0) is 14.8. The van der Waals surface area contributed by atoms with Gasteiger partial charge in [0.05, 0.1) is 19.3 Å². The minimum absolute atomic E-state index is 0.0826. The van der Waals surface area contributed by atoms with Gasteiger partial charge in [-0.05, 0) is 19.2 Å². The Bertz CT molecular complexity index is 626. The highest BCUT2D eigenvalue weighted by Crippen LogP contribution is 2.36. The van der Waals surface area contributed by atoms with Gasteiger partial charge in [-0.15, -0.1) is 0 Å². The zero-order valence-corrected chi connectivity index (χ0v) is 12.4. The third kappa shape index (κ3) is 2.42. The summed E-state index contributed by atoms with van der Waals surface area (Å²) in [5, 5.41) is 7.53. The lowest BCUT2D eigenvalue weighted by molar-refractivity contribution is 0.0609. The Morgan fingerprint density at radius 1 is 1.38 bits per heavy atom. The lowest BCUT2D eigenvalue weighted by Crippen LogP contribution is -2.41. The molecule has 2 unspecified atom stereocenters. The Labute approximate surface area is 123 Å². The highest BCUT2D eigenvalue weighted by atomic mass is 16.6. The van der Waals surface area contributed by atoms with Crippen LogP contribution in [0.25, 0.3) is 0 Å². The van der Waals surface area contributed by atoms with Crippen LogP contribution in [0, 0.1) is 0 Å². The molecule has 2 heterocycles. The van der Waals surface area contributed by atoms with E-state index in [0.29, 0.717) is 6.61 Å². The number of nitrogens with zero attached hydrogens (tertiary/aromatic N) is 2. The van der Waals surface area contributed by atoms with E-state index in [1.807, 2.05) is 38.4 Å². The number of hydrogen-bond donors (Lipinski definition) is 1. The molecule has 6 nitrogen and oxygen atoms in total. The first kappa shape index (κ1) is 13.8. The van der Waals surface area contributed by atoms with Gasteiger partial charge in [0, 0.05) is 7.05 Å². The number of hydrogen-bond acceptors (Lipinski definition) is 5. The Kier molecular flexibility index (Phi) is 3.70. The molecule has 0 amide bonds. The van der Waals surface area contributed by atoms with Crippen molar-refractivity contribution in [3.63, 3.8) is 0 Å². The number of rotatable bonds is 4. The molecule has 3 rings (SSSR count). The van der Waals surface area contributed by atoms with Crippen LogP contribution in [0.15, 0.2) is 30.5 Å². The largest absolute Gasteiger partial charge is 0.493 e. The summed E-state index contributed by atoms with van der Waals surface area (Å²) < 4.78 is 19.1. The quantitative estimate of drug-likeness (QED) is 0.925. The summed E-state index contributed by atoms with van der Waals surface area (Å²) in [5.41, 5.74) is 0.938. The van der Waals surface area contributed by atoms with Gasteiger partial charge in [-0.3, -0.25) is 4.68 Å². The van der Waals surface area contributed by atoms with Crippen LogP contribution in [0.5, 0.6) is 17.2 Å². The molecule has 0 saturated heterocycles. The average molecular weight is 289 g/mol. The number of methoxy groups -OCH3 is 1. The van der Waals surface area contributed by atoms with Crippen molar-refractivity contribution < 1.29 is 14.2 Å². The number of ether oxygens (including phenoxy) is 3. The fourth-order valence-electron chi connectivity index (χ4n) is 2.64. The molecule has 2 aromatic rings. The molecule has 1 aliphatic rings. The van der Waals surface area contributed by atoms with Crippen LogP contribution in [-0.2, 0) is 7.05 Å². The normalized spacial score (nSPS) is 18.3. The van der Waals surface area contributed by atoms with Crippen LogP contribution in [-0.4, -0.2) is 36.6 Å².